The van der Waals surface area contributed by atoms with Gasteiger partial charge in [-0.25, -0.2) is 14.8 Å². The van der Waals surface area contributed by atoms with Crippen molar-refractivity contribution in [2.75, 3.05) is 31.1 Å². The van der Waals surface area contributed by atoms with Crippen LogP contribution in [0.3, 0.4) is 0 Å². The lowest BCUT2D eigenvalue weighted by Crippen LogP contribution is -2.49. The van der Waals surface area contributed by atoms with E-state index < -0.39 is 17.8 Å². The first-order valence-electron chi connectivity index (χ1n) is 9.56. The molecule has 0 radical (unpaired) electrons. The molecule has 3 aromatic rings. The molecule has 1 aliphatic heterocycles. The summed E-state index contributed by atoms with van der Waals surface area (Å²) in [5.74, 6) is 0. The molecule has 3 heterocycles. The molecule has 0 N–H and O–H groups in total. The maximum atomic E-state index is 13.9. The van der Waals surface area contributed by atoms with Crippen molar-refractivity contribution < 1.29 is 22.7 Å². The van der Waals surface area contributed by atoms with Crippen LogP contribution in [0, 0.1) is 0 Å². The van der Waals surface area contributed by atoms with E-state index in [1.807, 2.05) is 30.3 Å². The molecule has 162 valence electrons. The van der Waals surface area contributed by atoms with Gasteiger partial charge in [0.05, 0.1) is 17.4 Å². The average Bonchev–Trinajstić information content (AvgIpc) is 2.76. The molecule has 0 aliphatic carbocycles. The molecular formula is C21H18ClF3N4O2. The maximum absolute atomic E-state index is 13.9. The Labute approximate surface area is 181 Å². The van der Waals surface area contributed by atoms with Crippen molar-refractivity contribution in [1.82, 2.24) is 14.9 Å². The number of carbonyl (C=O) groups excluding carboxylic acids is 1. The van der Waals surface area contributed by atoms with E-state index in [0.29, 0.717) is 0 Å². The maximum Gasteiger partial charge on any atom is 0.419 e. The molecular weight excluding hydrogens is 433 g/mol. The predicted molar refractivity (Wildman–Crippen MR) is 110 cm³/mol. The Hall–Kier alpha value is -3.07. The van der Waals surface area contributed by atoms with Gasteiger partial charge >= 0.3 is 12.3 Å². The molecule has 6 nitrogen and oxygen atoms in total. The molecule has 1 aromatic carbocycles. The highest BCUT2D eigenvalue weighted by Crippen LogP contribution is 2.41. The van der Waals surface area contributed by atoms with Crippen LogP contribution in [0.4, 0.5) is 23.7 Å². The number of aromatic nitrogens is 2. The van der Waals surface area contributed by atoms with Gasteiger partial charge in [-0.15, -0.1) is 0 Å². The fourth-order valence-electron chi connectivity index (χ4n) is 3.52. The van der Waals surface area contributed by atoms with Gasteiger partial charge in [0.2, 0.25) is 0 Å². The molecule has 1 saturated heterocycles. The van der Waals surface area contributed by atoms with E-state index in [1.54, 1.807) is 4.90 Å². The third-order valence-electron chi connectivity index (χ3n) is 5.04. The van der Waals surface area contributed by atoms with Crippen LogP contribution in [0.1, 0.15) is 11.1 Å². The van der Waals surface area contributed by atoms with Crippen LogP contribution in [0.25, 0.3) is 11.0 Å². The van der Waals surface area contributed by atoms with Gasteiger partial charge in [0.1, 0.15) is 11.8 Å². The first kappa shape index (κ1) is 21.2. The Morgan fingerprint density at radius 2 is 1.77 bits per heavy atom. The summed E-state index contributed by atoms with van der Waals surface area (Å²) in [7, 11) is 0. The van der Waals surface area contributed by atoms with E-state index in [0.717, 1.165) is 11.8 Å². The largest absolute Gasteiger partial charge is 0.445 e. The second-order valence-electron chi connectivity index (χ2n) is 7.04. The van der Waals surface area contributed by atoms with Crippen molar-refractivity contribution in [1.29, 1.82) is 0 Å². The number of piperazine rings is 1. The van der Waals surface area contributed by atoms with Crippen molar-refractivity contribution in [2.24, 2.45) is 0 Å². The second kappa shape index (κ2) is 8.58. The summed E-state index contributed by atoms with van der Waals surface area (Å²) < 4.78 is 47.0. The third kappa shape index (κ3) is 4.66. The summed E-state index contributed by atoms with van der Waals surface area (Å²) >= 11 is 5.79. The molecule has 1 amide bonds. The topological polar surface area (TPSA) is 58.6 Å². The van der Waals surface area contributed by atoms with Gasteiger partial charge in [-0.05, 0) is 17.7 Å². The van der Waals surface area contributed by atoms with E-state index in [-0.39, 0.29) is 54.7 Å². The molecule has 0 bridgehead atoms. The minimum absolute atomic E-state index is 0.0403. The quantitative estimate of drug-likeness (QED) is 0.538. The van der Waals surface area contributed by atoms with E-state index in [9.17, 15) is 18.0 Å². The summed E-state index contributed by atoms with van der Waals surface area (Å²) in [6.07, 6.45) is -3.93. The molecule has 0 atom stereocenters. The molecule has 4 rings (SSSR count). The number of hydrogen-bond donors (Lipinski definition) is 0. The number of fused-ring (bicyclic) bond motifs is 1. The summed E-state index contributed by atoms with van der Waals surface area (Å²) in [4.78, 5) is 23.3. The number of halogens is 4. The number of anilines is 1. The SMILES string of the molecule is O=C(OCc1ccccc1)N1CCN(c2cnc3nc(Cl)ccc3c2C(F)(F)F)CC1. The summed E-state index contributed by atoms with van der Waals surface area (Å²) in [5.41, 5.74) is -0.0462. The lowest BCUT2D eigenvalue weighted by molar-refractivity contribution is -0.135. The normalized spacial score (nSPS) is 14.7. The fourth-order valence-corrected chi connectivity index (χ4v) is 3.66. The minimum atomic E-state index is -4.60. The predicted octanol–water partition coefficient (Wildman–Crippen LogP) is 4.76. The highest BCUT2D eigenvalue weighted by Gasteiger charge is 2.38. The molecule has 10 heteroatoms. The fraction of sp³-hybridized carbons (Fsp3) is 0.286. The van der Waals surface area contributed by atoms with E-state index >= 15 is 0 Å². The summed E-state index contributed by atoms with van der Waals surface area (Å²) in [5, 5.41) is -0.0393. The third-order valence-corrected chi connectivity index (χ3v) is 5.25. The molecule has 31 heavy (non-hydrogen) atoms. The van der Waals surface area contributed by atoms with Crippen LogP contribution >= 0.6 is 11.6 Å². The number of alkyl halides is 3. The zero-order valence-electron chi connectivity index (χ0n) is 16.3. The summed E-state index contributed by atoms with van der Waals surface area (Å²) in [6.45, 7) is 1.06. The zero-order chi connectivity index (χ0) is 22.0. The Morgan fingerprint density at radius 1 is 1.06 bits per heavy atom. The Morgan fingerprint density at radius 3 is 2.45 bits per heavy atom. The monoisotopic (exact) mass is 450 g/mol. The van der Waals surface area contributed by atoms with Crippen molar-refractivity contribution in [2.45, 2.75) is 12.8 Å². The lowest BCUT2D eigenvalue weighted by Gasteiger charge is -2.36. The van der Waals surface area contributed by atoms with Gasteiger partial charge in [0, 0.05) is 31.6 Å². The van der Waals surface area contributed by atoms with Gasteiger partial charge in [0.25, 0.3) is 0 Å². The first-order chi connectivity index (χ1) is 14.8. The van der Waals surface area contributed by atoms with Gasteiger partial charge in [-0.2, -0.15) is 13.2 Å². The number of rotatable bonds is 3. The Balaban J connectivity index is 1.48. The highest BCUT2D eigenvalue weighted by atomic mass is 35.5. The number of hydrogen-bond acceptors (Lipinski definition) is 5. The first-order valence-corrected chi connectivity index (χ1v) is 9.94. The van der Waals surface area contributed by atoms with Gasteiger partial charge in [-0.1, -0.05) is 41.9 Å². The van der Waals surface area contributed by atoms with E-state index in [1.165, 1.54) is 17.0 Å². The number of pyridine rings is 2. The van der Waals surface area contributed by atoms with Crippen molar-refractivity contribution >= 4 is 34.4 Å². The molecule has 1 fully saturated rings. The number of nitrogens with zero attached hydrogens (tertiary/aromatic N) is 4. The van der Waals surface area contributed by atoms with Gasteiger partial charge < -0.3 is 14.5 Å². The summed E-state index contributed by atoms with van der Waals surface area (Å²) in [6, 6.07) is 11.8. The number of ether oxygens (including phenoxy) is 1. The van der Waals surface area contributed by atoms with Crippen molar-refractivity contribution in [3.05, 3.63) is 64.9 Å². The highest BCUT2D eigenvalue weighted by molar-refractivity contribution is 6.29. The second-order valence-corrected chi connectivity index (χ2v) is 7.42. The number of carbonyl (C=O) groups is 1. The number of amides is 1. The Kier molecular flexibility index (Phi) is 5.86. The molecule has 2 aromatic heterocycles. The van der Waals surface area contributed by atoms with Crippen LogP contribution in [0.2, 0.25) is 5.15 Å². The molecule has 0 spiro atoms. The van der Waals surface area contributed by atoms with Crippen molar-refractivity contribution in [3.63, 3.8) is 0 Å². The van der Waals surface area contributed by atoms with E-state index in [2.05, 4.69) is 9.97 Å². The van der Waals surface area contributed by atoms with Gasteiger partial charge in [-0.3, -0.25) is 0 Å². The van der Waals surface area contributed by atoms with E-state index in [4.69, 9.17) is 16.3 Å². The van der Waals surface area contributed by atoms with Crippen molar-refractivity contribution in [3.8, 4) is 0 Å². The molecule has 0 unspecified atom stereocenters. The average molecular weight is 451 g/mol. The molecule has 1 aliphatic rings. The lowest BCUT2D eigenvalue weighted by atomic mass is 10.1. The standard InChI is InChI=1S/C21H18ClF3N4O2/c22-17-7-6-15-18(21(23,24)25)16(12-26-19(15)27-17)28-8-10-29(11-9-28)20(30)31-13-14-4-2-1-3-5-14/h1-7,12H,8-11,13H2. The van der Waals surface area contributed by atoms with Crippen LogP contribution in [0.5, 0.6) is 0 Å². The Bertz CT molecular complexity index is 1090. The zero-order valence-corrected chi connectivity index (χ0v) is 17.0. The van der Waals surface area contributed by atoms with Gasteiger partial charge in [0.15, 0.2) is 5.65 Å². The van der Waals surface area contributed by atoms with Crippen LogP contribution in [-0.4, -0.2) is 47.1 Å². The smallest absolute Gasteiger partial charge is 0.419 e. The number of benzene rings is 1. The van der Waals surface area contributed by atoms with Crippen LogP contribution in [0.15, 0.2) is 48.7 Å². The molecule has 0 saturated carbocycles. The van der Waals surface area contributed by atoms with Crippen LogP contribution in [-0.2, 0) is 17.5 Å². The minimum Gasteiger partial charge on any atom is -0.445 e. The van der Waals surface area contributed by atoms with Crippen LogP contribution < -0.4 is 4.90 Å².